The summed E-state index contributed by atoms with van der Waals surface area (Å²) in [5, 5.41) is 0. The number of hydrogen-bond donors (Lipinski definition) is 1. The summed E-state index contributed by atoms with van der Waals surface area (Å²) in [5.41, 5.74) is 6.98. The Morgan fingerprint density at radius 1 is 1.42 bits per heavy atom. The number of ether oxygens (including phenoxy) is 1. The summed E-state index contributed by atoms with van der Waals surface area (Å²) in [4.78, 5) is 4.26. The van der Waals surface area contributed by atoms with Crippen LogP contribution in [0.4, 0.5) is 13.2 Å². The maximum absolute atomic E-state index is 12.2. The second-order valence-electron chi connectivity index (χ2n) is 4.20. The number of alkyl halides is 3. The molecule has 0 aliphatic heterocycles. The lowest BCUT2D eigenvalue weighted by molar-refractivity contribution is -0.274. The van der Waals surface area contributed by atoms with Crippen molar-refractivity contribution in [3.63, 3.8) is 0 Å². The lowest BCUT2D eigenvalue weighted by Crippen LogP contribution is -2.17. The van der Waals surface area contributed by atoms with Crippen molar-refractivity contribution >= 4 is 11.0 Å². The fourth-order valence-corrected chi connectivity index (χ4v) is 2.01. The molecule has 19 heavy (non-hydrogen) atoms. The van der Waals surface area contributed by atoms with Crippen LogP contribution in [-0.2, 0) is 6.54 Å². The Labute approximate surface area is 108 Å². The van der Waals surface area contributed by atoms with Gasteiger partial charge in [0.25, 0.3) is 0 Å². The number of imidazole rings is 1. The molecule has 0 aliphatic rings. The molecule has 104 valence electrons. The van der Waals surface area contributed by atoms with Crippen molar-refractivity contribution in [2.45, 2.75) is 32.8 Å². The Hall–Kier alpha value is -1.76. The average molecular weight is 273 g/mol. The fraction of sp³-hybridized carbons (Fsp3) is 0.417. The number of aryl methyl sites for hydroxylation is 1. The lowest BCUT2D eigenvalue weighted by atomic mass is 10.3. The molecule has 1 heterocycles. The molecule has 0 bridgehead atoms. The van der Waals surface area contributed by atoms with E-state index in [2.05, 4.69) is 9.72 Å². The highest BCUT2D eigenvalue weighted by atomic mass is 19.4. The third-order valence-corrected chi connectivity index (χ3v) is 2.71. The van der Waals surface area contributed by atoms with E-state index >= 15 is 0 Å². The number of aromatic nitrogens is 2. The SMILES string of the molecule is CCn1c(C(C)N)nc2cc(OC(F)(F)F)ccc21. The monoisotopic (exact) mass is 273 g/mol. The Morgan fingerprint density at radius 3 is 2.63 bits per heavy atom. The maximum atomic E-state index is 12.2. The smallest absolute Gasteiger partial charge is 0.406 e. The minimum absolute atomic E-state index is 0.281. The highest BCUT2D eigenvalue weighted by molar-refractivity contribution is 5.78. The van der Waals surface area contributed by atoms with Gasteiger partial charge in [-0.3, -0.25) is 0 Å². The van der Waals surface area contributed by atoms with Gasteiger partial charge in [-0.2, -0.15) is 0 Å². The molecule has 0 fully saturated rings. The van der Waals surface area contributed by atoms with Crippen LogP contribution in [0, 0.1) is 0 Å². The topological polar surface area (TPSA) is 53.1 Å². The number of hydrogen-bond acceptors (Lipinski definition) is 3. The van der Waals surface area contributed by atoms with Crippen LogP contribution in [0.25, 0.3) is 11.0 Å². The molecule has 0 saturated carbocycles. The van der Waals surface area contributed by atoms with Crippen molar-refractivity contribution in [2.24, 2.45) is 5.73 Å². The van der Waals surface area contributed by atoms with Crippen molar-refractivity contribution in [3.8, 4) is 5.75 Å². The zero-order chi connectivity index (χ0) is 14.2. The standard InChI is InChI=1S/C12H14F3N3O/c1-3-18-10-5-4-8(19-12(13,14)15)6-9(10)17-11(18)7(2)16/h4-7H,3,16H2,1-2H3. The van der Waals surface area contributed by atoms with Gasteiger partial charge in [0, 0.05) is 12.6 Å². The molecule has 1 unspecified atom stereocenters. The van der Waals surface area contributed by atoms with Gasteiger partial charge in [0.2, 0.25) is 0 Å². The zero-order valence-electron chi connectivity index (χ0n) is 10.5. The van der Waals surface area contributed by atoms with Crippen molar-refractivity contribution < 1.29 is 17.9 Å². The number of nitrogens with two attached hydrogens (primary N) is 1. The second-order valence-corrected chi connectivity index (χ2v) is 4.20. The van der Waals surface area contributed by atoms with Gasteiger partial charge in [-0.05, 0) is 26.0 Å². The predicted molar refractivity (Wildman–Crippen MR) is 64.7 cm³/mol. The fourth-order valence-electron chi connectivity index (χ4n) is 2.01. The number of rotatable bonds is 3. The predicted octanol–water partition coefficient (Wildman–Crippen LogP) is 2.97. The molecule has 2 N–H and O–H groups in total. The van der Waals surface area contributed by atoms with Crippen LogP contribution in [0.5, 0.6) is 5.75 Å². The highest BCUT2D eigenvalue weighted by Gasteiger charge is 2.31. The summed E-state index contributed by atoms with van der Waals surface area (Å²) < 4.78 is 42.2. The van der Waals surface area contributed by atoms with E-state index in [0.717, 1.165) is 5.52 Å². The first kappa shape index (κ1) is 13.7. The Bertz CT molecular complexity index is 590. The number of fused-ring (bicyclic) bond motifs is 1. The molecule has 2 aromatic rings. The third kappa shape index (κ3) is 2.81. The maximum Gasteiger partial charge on any atom is 0.573 e. The van der Waals surface area contributed by atoms with Crippen molar-refractivity contribution in [1.82, 2.24) is 9.55 Å². The third-order valence-electron chi connectivity index (χ3n) is 2.71. The summed E-state index contributed by atoms with van der Waals surface area (Å²) in [6.45, 7) is 4.35. The van der Waals surface area contributed by atoms with Gasteiger partial charge in [0.1, 0.15) is 11.6 Å². The number of halogens is 3. The van der Waals surface area contributed by atoms with Crippen LogP contribution < -0.4 is 10.5 Å². The molecule has 0 aliphatic carbocycles. The molecule has 7 heteroatoms. The molecular formula is C12H14F3N3O. The molecular weight excluding hydrogens is 259 g/mol. The first-order chi connectivity index (χ1) is 8.81. The molecule has 0 radical (unpaired) electrons. The van der Waals surface area contributed by atoms with E-state index in [1.807, 2.05) is 11.5 Å². The summed E-state index contributed by atoms with van der Waals surface area (Å²) in [7, 11) is 0. The largest absolute Gasteiger partial charge is 0.573 e. The van der Waals surface area contributed by atoms with Crippen molar-refractivity contribution in [1.29, 1.82) is 0 Å². The van der Waals surface area contributed by atoms with E-state index < -0.39 is 6.36 Å². The summed E-state index contributed by atoms with van der Waals surface area (Å²) in [6, 6.07) is 3.80. The minimum atomic E-state index is -4.70. The van der Waals surface area contributed by atoms with Crippen LogP contribution in [0.2, 0.25) is 0 Å². The number of nitrogens with zero attached hydrogens (tertiary/aromatic N) is 2. The Balaban J connectivity index is 2.49. The van der Waals surface area contributed by atoms with Crippen LogP contribution in [0.3, 0.4) is 0 Å². The van der Waals surface area contributed by atoms with E-state index in [-0.39, 0.29) is 11.8 Å². The van der Waals surface area contributed by atoms with Crippen LogP contribution >= 0.6 is 0 Å². The van der Waals surface area contributed by atoms with Gasteiger partial charge in [0.05, 0.1) is 17.1 Å². The first-order valence-electron chi connectivity index (χ1n) is 5.83. The molecule has 1 aromatic carbocycles. The normalized spacial score (nSPS) is 13.8. The van der Waals surface area contributed by atoms with E-state index in [1.54, 1.807) is 13.0 Å². The summed E-state index contributed by atoms with van der Waals surface area (Å²) in [6.07, 6.45) is -4.70. The lowest BCUT2D eigenvalue weighted by Gasteiger charge is -2.09. The van der Waals surface area contributed by atoms with E-state index in [4.69, 9.17) is 5.73 Å². The second kappa shape index (κ2) is 4.73. The van der Waals surface area contributed by atoms with Crippen LogP contribution in [0.1, 0.15) is 25.7 Å². The summed E-state index contributed by atoms with van der Waals surface area (Å²) >= 11 is 0. The van der Waals surface area contributed by atoms with Gasteiger partial charge in [-0.25, -0.2) is 4.98 Å². The molecule has 0 saturated heterocycles. The summed E-state index contributed by atoms with van der Waals surface area (Å²) in [5.74, 6) is 0.360. The van der Waals surface area contributed by atoms with Crippen LogP contribution in [0.15, 0.2) is 18.2 Å². The minimum Gasteiger partial charge on any atom is -0.406 e. The average Bonchev–Trinajstić information content (AvgIpc) is 2.64. The molecule has 4 nitrogen and oxygen atoms in total. The Morgan fingerprint density at radius 2 is 2.11 bits per heavy atom. The number of benzene rings is 1. The van der Waals surface area contributed by atoms with Gasteiger partial charge < -0.3 is 15.0 Å². The molecule has 1 aromatic heterocycles. The van der Waals surface area contributed by atoms with E-state index in [9.17, 15) is 13.2 Å². The first-order valence-corrected chi connectivity index (χ1v) is 5.83. The quantitative estimate of drug-likeness (QED) is 0.935. The molecule has 0 spiro atoms. The van der Waals surface area contributed by atoms with Crippen molar-refractivity contribution in [3.05, 3.63) is 24.0 Å². The van der Waals surface area contributed by atoms with Gasteiger partial charge in [-0.1, -0.05) is 0 Å². The molecule has 2 rings (SSSR count). The van der Waals surface area contributed by atoms with Gasteiger partial charge in [-0.15, -0.1) is 13.2 Å². The van der Waals surface area contributed by atoms with Gasteiger partial charge >= 0.3 is 6.36 Å². The zero-order valence-corrected chi connectivity index (χ0v) is 10.5. The molecule has 1 atom stereocenters. The van der Waals surface area contributed by atoms with Gasteiger partial charge in [0.15, 0.2) is 0 Å². The van der Waals surface area contributed by atoms with E-state index in [1.165, 1.54) is 12.1 Å². The van der Waals surface area contributed by atoms with Crippen LogP contribution in [-0.4, -0.2) is 15.9 Å². The van der Waals surface area contributed by atoms with E-state index in [0.29, 0.717) is 17.9 Å². The highest BCUT2D eigenvalue weighted by Crippen LogP contribution is 2.27. The Kier molecular flexibility index (Phi) is 3.40. The molecule has 0 amide bonds. The van der Waals surface area contributed by atoms with Crippen molar-refractivity contribution in [2.75, 3.05) is 0 Å².